The first-order valence-electron chi connectivity index (χ1n) is 13.5. The Hall–Kier alpha value is -4.23. The van der Waals surface area contributed by atoms with Gasteiger partial charge in [-0.25, -0.2) is 4.79 Å². The third-order valence-corrected chi connectivity index (χ3v) is 7.46. The number of hydrogen-bond donors (Lipinski definition) is 4. The summed E-state index contributed by atoms with van der Waals surface area (Å²) >= 11 is 0. The summed E-state index contributed by atoms with van der Waals surface area (Å²) in [5.74, 6) is -1.96. The van der Waals surface area contributed by atoms with Gasteiger partial charge in [-0.05, 0) is 58.6 Å². The Balaban J connectivity index is 1.35. The van der Waals surface area contributed by atoms with Crippen LogP contribution in [-0.4, -0.2) is 48.1 Å². The standard InChI is InChI=1S/C32H33N3O4/c36-30(25-13-15-33-16-14-25)34-28(19-21-9-11-23-5-1-3-7-26(23)17-21)31(37)35-29(32(38)39)20-22-10-12-24-6-2-4-8-27(24)18-22/h1-12,17-18,25,28-29,33H,13-16,19-20H2,(H,34,36)(H,35,37)(H,38,39)/t28-,29-/m1/s1. The molecule has 200 valence electrons. The molecule has 2 atom stereocenters. The second kappa shape index (κ2) is 12.1. The van der Waals surface area contributed by atoms with Gasteiger partial charge < -0.3 is 21.1 Å². The third-order valence-electron chi connectivity index (χ3n) is 7.46. The van der Waals surface area contributed by atoms with E-state index < -0.39 is 24.0 Å². The first-order valence-corrected chi connectivity index (χ1v) is 13.5. The highest BCUT2D eigenvalue weighted by atomic mass is 16.4. The van der Waals surface area contributed by atoms with Crippen LogP contribution in [0.15, 0.2) is 84.9 Å². The van der Waals surface area contributed by atoms with Crippen LogP contribution in [0, 0.1) is 5.92 Å². The van der Waals surface area contributed by atoms with E-state index in [2.05, 4.69) is 16.0 Å². The fraction of sp³-hybridized carbons (Fsp3) is 0.281. The van der Waals surface area contributed by atoms with Crippen LogP contribution in [-0.2, 0) is 27.2 Å². The molecule has 1 fully saturated rings. The molecule has 7 heteroatoms. The molecule has 0 aliphatic carbocycles. The van der Waals surface area contributed by atoms with Gasteiger partial charge in [-0.1, -0.05) is 84.9 Å². The molecule has 0 spiro atoms. The van der Waals surface area contributed by atoms with Crippen LogP contribution in [0.5, 0.6) is 0 Å². The lowest BCUT2D eigenvalue weighted by molar-refractivity contribution is -0.142. The summed E-state index contributed by atoms with van der Waals surface area (Å²) in [4.78, 5) is 38.9. The van der Waals surface area contributed by atoms with Gasteiger partial charge in [0.05, 0.1) is 0 Å². The van der Waals surface area contributed by atoms with Crippen molar-refractivity contribution in [3.8, 4) is 0 Å². The summed E-state index contributed by atoms with van der Waals surface area (Å²) in [6.07, 6.45) is 1.80. The Morgan fingerprint density at radius 2 is 1.23 bits per heavy atom. The van der Waals surface area contributed by atoms with Gasteiger partial charge in [-0.2, -0.15) is 0 Å². The zero-order valence-electron chi connectivity index (χ0n) is 21.7. The number of amides is 2. The molecule has 7 nitrogen and oxygen atoms in total. The van der Waals surface area contributed by atoms with Crippen LogP contribution < -0.4 is 16.0 Å². The maximum Gasteiger partial charge on any atom is 0.326 e. The quantitative estimate of drug-likeness (QED) is 0.267. The second-order valence-electron chi connectivity index (χ2n) is 10.3. The minimum atomic E-state index is -1.13. The predicted octanol–water partition coefficient (Wildman–Crippen LogP) is 3.83. The van der Waals surface area contributed by atoms with E-state index in [-0.39, 0.29) is 24.7 Å². The van der Waals surface area contributed by atoms with E-state index in [0.29, 0.717) is 12.8 Å². The number of carboxylic acids is 1. The first kappa shape index (κ1) is 26.4. The van der Waals surface area contributed by atoms with Gasteiger partial charge in [0.15, 0.2) is 0 Å². The smallest absolute Gasteiger partial charge is 0.326 e. The molecule has 39 heavy (non-hydrogen) atoms. The summed E-state index contributed by atoms with van der Waals surface area (Å²) in [5, 5.41) is 23.1. The summed E-state index contributed by atoms with van der Waals surface area (Å²) in [6.45, 7) is 1.51. The number of nitrogens with one attached hydrogen (secondary N) is 3. The molecule has 0 radical (unpaired) electrons. The average molecular weight is 524 g/mol. The SMILES string of the molecule is O=C(N[C@H](Cc1ccc2ccccc2c1)C(=O)N[C@H](Cc1ccc2ccccc2c1)C(=O)O)C1CCNCC1. The lowest BCUT2D eigenvalue weighted by Gasteiger charge is -2.26. The Labute approximate surface area is 227 Å². The van der Waals surface area contributed by atoms with Crippen molar-refractivity contribution in [3.05, 3.63) is 96.1 Å². The van der Waals surface area contributed by atoms with Crippen LogP contribution in [0.1, 0.15) is 24.0 Å². The maximum atomic E-state index is 13.5. The van der Waals surface area contributed by atoms with Gasteiger partial charge in [0, 0.05) is 18.8 Å². The van der Waals surface area contributed by atoms with Crippen LogP contribution in [0.25, 0.3) is 21.5 Å². The second-order valence-corrected chi connectivity index (χ2v) is 10.3. The molecule has 1 aliphatic heterocycles. The molecule has 1 heterocycles. The van der Waals surface area contributed by atoms with Crippen molar-refractivity contribution in [1.82, 2.24) is 16.0 Å². The normalized spacial score (nSPS) is 15.5. The fourth-order valence-electron chi connectivity index (χ4n) is 5.26. The summed E-state index contributed by atoms with van der Waals surface area (Å²) < 4.78 is 0. The van der Waals surface area contributed by atoms with Crippen LogP contribution in [0.2, 0.25) is 0 Å². The number of benzene rings is 4. The monoisotopic (exact) mass is 523 g/mol. The van der Waals surface area contributed by atoms with Gasteiger partial charge in [-0.15, -0.1) is 0 Å². The third kappa shape index (κ3) is 6.62. The van der Waals surface area contributed by atoms with E-state index in [1.54, 1.807) is 0 Å². The number of fused-ring (bicyclic) bond motifs is 2. The van der Waals surface area contributed by atoms with Crippen molar-refractivity contribution in [2.75, 3.05) is 13.1 Å². The molecular formula is C32H33N3O4. The molecule has 4 aromatic rings. The Morgan fingerprint density at radius 3 is 1.77 bits per heavy atom. The Bertz CT molecular complexity index is 1500. The van der Waals surface area contributed by atoms with E-state index in [1.807, 2.05) is 84.9 Å². The lowest BCUT2D eigenvalue weighted by atomic mass is 9.95. The van der Waals surface area contributed by atoms with Crippen LogP contribution in [0.3, 0.4) is 0 Å². The molecule has 0 saturated carbocycles. The fourth-order valence-corrected chi connectivity index (χ4v) is 5.26. The van der Waals surface area contributed by atoms with Gasteiger partial charge in [0.25, 0.3) is 0 Å². The maximum absolute atomic E-state index is 13.5. The van der Waals surface area contributed by atoms with Gasteiger partial charge >= 0.3 is 5.97 Å². The molecule has 4 aromatic carbocycles. The van der Waals surface area contributed by atoms with Crippen molar-refractivity contribution in [2.45, 2.75) is 37.8 Å². The average Bonchev–Trinajstić information content (AvgIpc) is 2.96. The number of carbonyl (C=O) groups excluding carboxylic acids is 2. The lowest BCUT2D eigenvalue weighted by Crippen LogP contribution is -2.54. The molecule has 1 aliphatic rings. The van der Waals surface area contributed by atoms with Gasteiger partial charge in [-0.3, -0.25) is 9.59 Å². The molecule has 1 saturated heterocycles. The number of rotatable bonds is 9. The van der Waals surface area contributed by atoms with Crippen LogP contribution >= 0.6 is 0 Å². The van der Waals surface area contributed by atoms with E-state index in [0.717, 1.165) is 45.8 Å². The van der Waals surface area contributed by atoms with Crippen molar-refractivity contribution in [2.24, 2.45) is 5.92 Å². The van der Waals surface area contributed by atoms with E-state index in [9.17, 15) is 19.5 Å². The number of carboxylic acid groups (broad SMARTS) is 1. The van der Waals surface area contributed by atoms with Crippen molar-refractivity contribution < 1.29 is 19.5 Å². The summed E-state index contributed by atoms with van der Waals surface area (Å²) in [5.41, 5.74) is 1.70. The highest BCUT2D eigenvalue weighted by Crippen LogP contribution is 2.19. The topological polar surface area (TPSA) is 108 Å². The largest absolute Gasteiger partial charge is 0.480 e. The molecular weight excluding hydrogens is 490 g/mol. The molecule has 0 unspecified atom stereocenters. The van der Waals surface area contributed by atoms with Crippen LogP contribution in [0.4, 0.5) is 0 Å². The Kier molecular flexibility index (Phi) is 8.18. The Morgan fingerprint density at radius 1 is 0.718 bits per heavy atom. The molecule has 2 amide bonds. The zero-order valence-corrected chi connectivity index (χ0v) is 21.7. The van der Waals surface area contributed by atoms with Crippen molar-refractivity contribution >= 4 is 39.3 Å². The molecule has 5 rings (SSSR count). The molecule has 0 bridgehead atoms. The first-order chi connectivity index (χ1) is 19.0. The number of hydrogen-bond acceptors (Lipinski definition) is 4. The summed E-state index contributed by atoms with van der Waals surface area (Å²) in [6, 6.07) is 25.5. The number of aliphatic carboxylic acids is 1. The molecule has 4 N–H and O–H groups in total. The zero-order chi connectivity index (χ0) is 27.2. The van der Waals surface area contributed by atoms with E-state index in [4.69, 9.17) is 0 Å². The minimum absolute atomic E-state index is 0.136. The van der Waals surface area contributed by atoms with E-state index in [1.165, 1.54) is 0 Å². The number of carbonyl (C=O) groups is 3. The van der Waals surface area contributed by atoms with Gasteiger partial charge in [0.2, 0.25) is 11.8 Å². The minimum Gasteiger partial charge on any atom is -0.480 e. The van der Waals surface area contributed by atoms with Crippen molar-refractivity contribution in [1.29, 1.82) is 0 Å². The summed E-state index contributed by atoms with van der Waals surface area (Å²) in [7, 11) is 0. The van der Waals surface area contributed by atoms with Gasteiger partial charge in [0.1, 0.15) is 12.1 Å². The highest BCUT2D eigenvalue weighted by molar-refractivity contribution is 5.92. The van der Waals surface area contributed by atoms with Crippen molar-refractivity contribution in [3.63, 3.8) is 0 Å². The molecule has 0 aromatic heterocycles. The number of piperidine rings is 1. The highest BCUT2D eigenvalue weighted by Gasteiger charge is 2.30. The predicted molar refractivity (Wildman–Crippen MR) is 152 cm³/mol. The van der Waals surface area contributed by atoms with E-state index >= 15 is 0 Å².